The molecule has 0 aliphatic carbocycles. The number of amides is 1. The monoisotopic (exact) mass is 508 g/mol. The van der Waals surface area contributed by atoms with Gasteiger partial charge < -0.3 is 10.1 Å². The van der Waals surface area contributed by atoms with Crippen molar-refractivity contribution in [2.75, 3.05) is 12.4 Å². The van der Waals surface area contributed by atoms with Crippen molar-refractivity contribution in [3.63, 3.8) is 0 Å². The SMILES string of the molecule is COc1cc(/C=C(\C#N)C(=O)Nc2cccc(C)c2C)cc(Cl)c1Cc1ccccc1Br. The molecule has 0 aromatic heterocycles. The van der Waals surface area contributed by atoms with E-state index in [0.717, 1.165) is 26.7 Å². The fraction of sp³-hybridized carbons (Fsp3) is 0.154. The van der Waals surface area contributed by atoms with Crippen LogP contribution in [0.4, 0.5) is 5.69 Å². The highest BCUT2D eigenvalue weighted by Crippen LogP contribution is 2.33. The molecule has 0 saturated carbocycles. The maximum Gasteiger partial charge on any atom is 0.266 e. The summed E-state index contributed by atoms with van der Waals surface area (Å²) in [6.45, 7) is 3.89. The first-order valence-corrected chi connectivity index (χ1v) is 11.1. The van der Waals surface area contributed by atoms with Gasteiger partial charge in [-0.25, -0.2) is 0 Å². The average molecular weight is 510 g/mol. The Balaban J connectivity index is 1.91. The van der Waals surface area contributed by atoms with Gasteiger partial charge in [0.25, 0.3) is 5.91 Å². The van der Waals surface area contributed by atoms with E-state index in [1.807, 2.05) is 62.4 Å². The molecule has 0 radical (unpaired) electrons. The quantitative estimate of drug-likeness (QED) is 0.291. The molecule has 32 heavy (non-hydrogen) atoms. The lowest BCUT2D eigenvalue weighted by Gasteiger charge is -2.13. The highest BCUT2D eigenvalue weighted by molar-refractivity contribution is 9.10. The van der Waals surface area contributed by atoms with Crippen LogP contribution in [-0.2, 0) is 11.2 Å². The first kappa shape index (κ1) is 23.6. The van der Waals surface area contributed by atoms with E-state index in [1.165, 1.54) is 6.08 Å². The number of hydrogen-bond donors (Lipinski definition) is 1. The molecular formula is C26H22BrClN2O2. The molecule has 0 aliphatic rings. The van der Waals surface area contributed by atoms with E-state index in [0.29, 0.717) is 28.4 Å². The second-order valence-corrected chi connectivity index (χ2v) is 8.58. The molecule has 0 aliphatic heterocycles. The van der Waals surface area contributed by atoms with E-state index in [4.69, 9.17) is 16.3 Å². The van der Waals surface area contributed by atoms with Gasteiger partial charge in [0.1, 0.15) is 17.4 Å². The minimum atomic E-state index is -0.478. The van der Waals surface area contributed by atoms with Crippen LogP contribution in [0, 0.1) is 25.2 Å². The summed E-state index contributed by atoms with van der Waals surface area (Å²) < 4.78 is 6.55. The Hall–Kier alpha value is -3.07. The van der Waals surface area contributed by atoms with E-state index in [-0.39, 0.29) is 5.57 Å². The van der Waals surface area contributed by atoms with E-state index < -0.39 is 5.91 Å². The average Bonchev–Trinajstić information content (AvgIpc) is 2.77. The Bertz CT molecular complexity index is 1250. The molecule has 0 bridgehead atoms. The lowest BCUT2D eigenvalue weighted by atomic mass is 10.0. The zero-order chi connectivity index (χ0) is 23.3. The van der Waals surface area contributed by atoms with Crippen molar-refractivity contribution in [2.45, 2.75) is 20.3 Å². The van der Waals surface area contributed by atoms with Gasteiger partial charge in [-0.05, 0) is 66.4 Å². The van der Waals surface area contributed by atoms with Crippen LogP contribution in [0.3, 0.4) is 0 Å². The third-order valence-electron chi connectivity index (χ3n) is 5.25. The smallest absolute Gasteiger partial charge is 0.266 e. The normalized spacial score (nSPS) is 11.1. The standard InChI is InChI=1S/C26H22BrClN2O2/c1-16-7-6-10-24(17(16)2)30-26(31)20(15-29)11-18-12-23(28)21(25(13-18)32-3)14-19-8-4-5-9-22(19)27/h4-13H,14H2,1-3H3,(H,30,31)/b20-11+. The number of nitrogens with zero attached hydrogens (tertiary/aromatic N) is 1. The molecule has 4 nitrogen and oxygen atoms in total. The van der Waals surface area contributed by atoms with Crippen molar-refractivity contribution in [1.82, 2.24) is 0 Å². The van der Waals surface area contributed by atoms with Gasteiger partial charge in [0, 0.05) is 27.2 Å². The molecule has 1 N–H and O–H groups in total. The number of rotatable bonds is 6. The molecule has 162 valence electrons. The number of nitriles is 1. The number of carbonyl (C=O) groups is 1. The number of hydrogen-bond acceptors (Lipinski definition) is 3. The largest absolute Gasteiger partial charge is 0.496 e. The van der Waals surface area contributed by atoms with E-state index >= 15 is 0 Å². The fourth-order valence-corrected chi connectivity index (χ4v) is 4.00. The summed E-state index contributed by atoms with van der Waals surface area (Å²) in [5, 5.41) is 12.9. The Morgan fingerprint density at radius 1 is 1.19 bits per heavy atom. The topological polar surface area (TPSA) is 62.1 Å². The minimum absolute atomic E-state index is 0.0254. The number of aryl methyl sites for hydroxylation is 1. The third-order valence-corrected chi connectivity index (χ3v) is 6.36. The van der Waals surface area contributed by atoms with Crippen LogP contribution < -0.4 is 10.1 Å². The molecule has 3 aromatic rings. The molecule has 0 unspecified atom stereocenters. The van der Waals surface area contributed by atoms with Gasteiger partial charge >= 0.3 is 0 Å². The number of ether oxygens (including phenoxy) is 1. The molecule has 0 atom stereocenters. The second-order valence-electron chi connectivity index (χ2n) is 7.32. The van der Waals surface area contributed by atoms with Crippen LogP contribution in [0.25, 0.3) is 6.08 Å². The third kappa shape index (κ3) is 5.40. The lowest BCUT2D eigenvalue weighted by Crippen LogP contribution is -2.14. The summed E-state index contributed by atoms with van der Waals surface area (Å²) in [4.78, 5) is 12.7. The van der Waals surface area contributed by atoms with Crippen molar-refractivity contribution in [3.05, 3.63) is 97.5 Å². The first-order chi connectivity index (χ1) is 15.3. The van der Waals surface area contributed by atoms with Crippen LogP contribution in [0.15, 0.2) is 64.6 Å². The first-order valence-electron chi connectivity index (χ1n) is 9.93. The van der Waals surface area contributed by atoms with Gasteiger partial charge in [-0.1, -0.05) is 57.9 Å². The van der Waals surface area contributed by atoms with Crippen LogP contribution in [-0.4, -0.2) is 13.0 Å². The Morgan fingerprint density at radius 3 is 2.62 bits per heavy atom. The highest BCUT2D eigenvalue weighted by Gasteiger charge is 2.15. The van der Waals surface area contributed by atoms with Gasteiger partial charge in [0.15, 0.2) is 0 Å². The molecule has 0 heterocycles. The van der Waals surface area contributed by atoms with Gasteiger partial charge in [0.2, 0.25) is 0 Å². The Morgan fingerprint density at radius 2 is 1.94 bits per heavy atom. The maximum absolute atomic E-state index is 12.7. The molecule has 0 fully saturated rings. The summed E-state index contributed by atoms with van der Waals surface area (Å²) in [7, 11) is 1.57. The van der Waals surface area contributed by atoms with E-state index in [2.05, 4.69) is 21.2 Å². The number of nitrogens with one attached hydrogen (secondary N) is 1. The Labute approximate surface area is 201 Å². The zero-order valence-corrected chi connectivity index (χ0v) is 20.3. The van der Waals surface area contributed by atoms with Crippen molar-refractivity contribution >= 4 is 45.2 Å². The number of halogens is 2. The fourth-order valence-electron chi connectivity index (χ4n) is 3.29. The van der Waals surface area contributed by atoms with Gasteiger partial charge in [0.05, 0.1) is 7.11 Å². The summed E-state index contributed by atoms with van der Waals surface area (Å²) in [5.41, 5.74) is 5.17. The molecular weight excluding hydrogens is 488 g/mol. The summed E-state index contributed by atoms with van der Waals surface area (Å²) in [6, 6.07) is 19.0. The number of anilines is 1. The maximum atomic E-state index is 12.7. The predicted octanol–water partition coefficient (Wildman–Crippen LogP) is 6.86. The number of benzene rings is 3. The molecule has 1 amide bonds. The number of methoxy groups -OCH3 is 1. The molecule has 3 aromatic carbocycles. The molecule has 3 rings (SSSR count). The van der Waals surface area contributed by atoms with Gasteiger partial charge in [-0.3, -0.25) is 4.79 Å². The summed E-state index contributed by atoms with van der Waals surface area (Å²) in [6.07, 6.45) is 2.09. The zero-order valence-electron chi connectivity index (χ0n) is 18.0. The van der Waals surface area contributed by atoms with Gasteiger partial charge in [-0.15, -0.1) is 0 Å². The van der Waals surface area contributed by atoms with Crippen LogP contribution in [0.5, 0.6) is 5.75 Å². The van der Waals surface area contributed by atoms with Crippen molar-refractivity contribution in [3.8, 4) is 11.8 Å². The molecule has 0 spiro atoms. The van der Waals surface area contributed by atoms with Crippen LogP contribution in [0.1, 0.15) is 27.8 Å². The predicted molar refractivity (Wildman–Crippen MR) is 133 cm³/mol. The Kier molecular flexibility index (Phi) is 7.74. The van der Waals surface area contributed by atoms with Crippen LogP contribution in [0.2, 0.25) is 5.02 Å². The lowest BCUT2D eigenvalue weighted by molar-refractivity contribution is -0.112. The van der Waals surface area contributed by atoms with E-state index in [1.54, 1.807) is 19.2 Å². The number of carbonyl (C=O) groups excluding carboxylic acids is 1. The van der Waals surface area contributed by atoms with E-state index in [9.17, 15) is 10.1 Å². The minimum Gasteiger partial charge on any atom is -0.496 e. The van der Waals surface area contributed by atoms with Crippen molar-refractivity contribution < 1.29 is 9.53 Å². The van der Waals surface area contributed by atoms with Gasteiger partial charge in [-0.2, -0.15) is 5.26 Å². The van der Waals surface area contributed by atoms with Crippen molar-refractivity contribution in [1.29, 1.82) is 5.26 Å². The second kappa shape index (κ2) is 10.5. The molecule has 6 heteroatoms. The van der Waals surface area contributed by atoms with Crippen molar-refractivity contribution in [2.24, 2.45) is 0 Å². The summed E-state index contributed by atoms with van der Waals surface area (Å²) >= 11 is 10.1. The highest BCUT2D eigenvalue weighted by atomic mass is 79.9. The molecule has 0 saturated heterocycles. The summed E-state index contributed by atoms with van der Waals surface area (Å²) in [5.74, 6) is 0.111. The van der Waals surface area contributed by atoms with Crippen LogP contribution >= 0.6 is 27.5 Å².